The number of nitrogens with zero attached hydrogens (tertiary/aromatic N) is 3. The SMILES string of the molecule is Cc1cc2cc(C(=O)N(Cc3ccc(C(F)(F)F)cc3)Cc3c(F)cncc3F)ccc2nc1N. The van der Waals surface area contributed by atoms with Crippen molar-refractivity contribution >= 4 is 22.6 Å². The summed E-state index contributed by atoms with van der Waals surface area (Å²) in [5, 5.41) is 0.637. The summed E-state index contributed by atoms with van der Waals surface area (Å²) < 4.78 is 67.4. The molecule has 2 heterocycles. The van der Waals surface area contributed by atoms with E-state index in [4.69, 9.17) is 5.73 Å². The van der Waals surface area contributed by atoms with E-state index in [0.29, 0.717) is 27.8 Å². The summed E-state index contributed by atoms with van der Waals surface area (Å²) in [6.07, 6.45) is -2.86. The third-order valence-corrected chi connectivity index (χ3v) is 5.53. The quantitative estimate of drug-likeness (QED) is 0.370. The van der Waals surface area contributed by atoms with Gasteiger partial charge in [-0.05, 0) is 54.4 Å². The molecule has 2 aromatic heterocycles. The second kappa shape index (κ2) is 9.28. The zero-order chi connectivity index (χ0) is 25.3. The van der Waals surface area contributed by atoms with Crippen LogP contribution in [0.25, 0.3) is 10.9 Å². The number of hydrogen-bond acceptors (Lipinski definition) is 4. The maximum absolute atomic E-state index is 14.3. The molecule has 0 bridgehead atoms. The van der Waals surface area contributed by atoms with Crippen LogP contribution in [0.4, 0.5) is 27.8 Å². The van der Waals surface area contributed by atoms with Crippen molar-refractivity contribution in [2.24, 2.45) is 0 Å². The van der Waals surface area contributed by atoms with E-state index in [1.807, 2.05) is 0 Å². The van der Waals surface area contributed by atoms with Crippen LogP contribution in [0.2, 0.25) is 0 Å². The first-order chi connectivity index (χ1) is 16.5. The fourth-order valence-corrected chi connectivity index (χ4v) is 3.61. The largest absolute Gasteiger partial charge is 0.416 e. The smallest absolute Gasteiger partial charge is 0.383 e. The number of halogens is 5. The minimum atomic E-state index is -4.52. The van der Waals surface area contributed by atoms with Gasteiger partial charge in [0.15, 0.2) is 0 Å². The summed E-state index contributed by atoms with van der Waals surface area (Å²) >= 11 is 0. The first-order valence-corrected chi connectivity index (χ1v) is 10.4. The molecule has 2 aromatic carbocycles. The molecule has 5 nitrogen and oxygen atoms in total. The number of pyridine rings is 2. The average molecular weight is 486 g/mol. The highest BCUT2D eigenvalue weighted by molar-refractivity contribution is 5.98. The summed E-state index contributed by atoms with van der Waals surface area (Å²) in [5.74, 6) is -2.10. The van der Waals surface area contributed by atoms with Crippen molar-refractivity contribution in [3.05, 3.63) is 100 Å². The number of benzene rings is 2. The third kappa shape index (κ3) is 5.21. The lowest BCUT2D eigenvalue weighted by molar-refractivity contribution is -0.137. The van der Waals surface area contributed by atoms with Crippen LogP contribution in [0, 0.1) is 18.6 Å². The Balaban J connectivity index is 1.71. The van der Waals surface area contributed by atoms with Crippen molar-refractivity contribution < 1.29 is 26.7 Å². The van der Waals surface area contributed by atoms with Crippen molar-refractivity contribution in [1.82, 2.24) is 14.9 Å². The molecule has 0 aliphatic heterocycles. The minimum absolute atomic E-state index is 0.185. The second-order valence-corrected chi connectivity index (χ2v) is 8.04. The van der Waals surface area contributed by atoms with Gasteiger partial charge in [0.25, 0.3) is 5.91 Å². The number of aromatic nitrogens is 2. The highest BCUT2D eigenvalue weighted by atomic mass is 19.4. The van der Waals surface area contributed by atoms with Crippen molar-refractivity contribution in [2.45, 2.75) is 26.2 Å². The van der Waals surface area contributed by atoms with E-state index in [9.17, 15) is 26.7 Å². The van der Waals surface area contributed by atoms with Gasteiger partial charge in [-0.15, -0.1) is 0 Å². The molecule has 0 atom stereocenters. The molecule has 0 saturated carbocycles. The molecule has 0 spiro atoms. The fraction of sp³-hybridized carbons (Fsp3) is 0.160. The standard InChI is InChI=1S/C25H19F5N4O/c1-14-8-17-9-16(4-7-22(17)33-23(14)31)24(35)34(13-19-20(26)10-32-11-21(19)27)12-15-2-5-18(6-3-15)25(28,29)30/h2-11H,12-13H2,1H3,(H2,31,33). The number of amides is 1. The number of alkyl halides is 3. The summed E-state index contributed by atoms with van der Waals surface area (Å²) in [6, 6.07) is 10.7. The van der Waals surface area contributed by atoms with E-state index in [1.54, 1.807) is 25.1 Å². The van der Waals surface area contributed by atoms with Gasteiger partial charge in [0.05, 0.1) is 30.0 Å². The van der Waals surface area contributed by atoms with E-state index in [0.717, 1.165) is 29.4 Å². The third-order valence-electron chi connectivity index (χ3n) is 5.53. The Bertz CT molecular complexity index is 1380. The molecule has 2 N–H and O–H groups in total. The van der Waals surface area contributed by atoms with Crippen molar-refractivity contribution in [3.63, 3.8) is 0 Å². The van der Waals surface area contributed by atoms with Crippen LogP contribution in [0.3, 0.4) is 0 Å². The second-order valence-electron chi connectivity index (χ2n) is 8.04. The molecule has 4 rings (SSSR count). The molecule has 4 aromatic rings. The van der Waals surface area contributed by atoms with E-state index in [1.165, 1.54) is 18.2 Å². The number of rotatable bonds is 5. The predicted molar refractivity (Wildman–Crippen MR) is 120 cm³/mol. The lowest BCUT2D eigenvalue weighted by Gasteiger charge is -2.24. The molecule has 10 heteroatoms. The van der Waals surface area contributed by atoms with Gasteiger partial charge < -0.3 is 10.6 Å². The van der Waals surface area contributed by atoms with Crippen LogP contribution in [0.5, 0.6) is 0 Å². The molecule has 0 unspecified atom stereocenters. The van der Waals surface area contributed by atoms with Gasteiger partial charge in [-0.1, -0.05) is 12.1 Å². The first-order valence-electron chi connectivity index (χ1n) is 10.4. The van der Waals surface area contributed by atoms with Gasteiger partial charge in [-0.25, -0.2) is 13.8 Å². The summed E-state index contributed by atoms with van der Waals surface area (Å²) in [5.41, 5.74) is 6.45. The van der Waals surface area contributed by atoms with Gasteiger partial charge in [-0.3, -0.25) is 9.78 Å². The Labute approximate surface area is 197 Å². The summed E-state index contributed by atoms with van der Waals surface area (Å²) in [6.45, 7) is 1.12. The van der Waals surface area contributed by atoms with Crippen LogP contribution < -0.4 is 5.73 Å². The molecule has 0 aliphatic rings. The van der Waals surface area contributed by atoms with Gasteiger partial charge in [0, 0.05) is 23.1 Å². The molecule has 0 fully saturated rings. The maximum Gasteiger partial charge on any atom is 0.416 e. The Hall–Kier alpha value is -4.08. The van der Waals surface area contributed by atoms with Crippen LogP contribution >= 0.6 is 0 Å². The van der Waals surface area contributed by atoms with Crippen molar-refractivity contribution in [1.29, 1.82) is 0 Å². The van der Waals surface area contributed by atoms with Gasteiger partial charge >= 0.3 is 6.18 Å². The minimum Gasteiger partial charge on any atom is -0.383 e. The highest BCUT2D eigenvalue weighted by Crippen LogP contribution is 2.29. The van der Waals surface area contributed by atoms with Gasteiger partial charge in [0.1, 0.15) is 17.5 Å². The normalized spacial score (nSPS) is 11.6. The number of carbonyl (C=O) groups is 1. The summed E-state index contributed by atoms with van der Waals surface area (Å²) in [4.78, 5) is 22.3. The van der Waals surface area contributed by atoms with E-state index < -0.39 is 35.8 Å². The number of aryl methyl sites for hydroxylation is 1. The van der Waals surface area contributed by atoms with E-state index in [-0.39, 0.29) is 17.7 Å². The highest BCUT2D eigenvalue weighted by Gasteiger charge is 2.30. The molecule has 0 aliphatic carbocycles. The predicted octanol–water partition coefficient (Wildman–Crippen LogP) is 5.66. The summed E-state index contributed by atoms with van der Waals surface area (Å²) in [7, 11) is 0. The number of carbonyl (C=O) groups excluding carboxylic acids is 1. The molecule has 0 radical (unpaired) electrons. The molecule has 180 valence electrons. The van der Waals surface area contributed by atoms with E-state index in [2.05, 4.69) is 9.97 Å². The topological polar surface area (TPSA) is 72.1 Å². The molecule has 35 heavy (non-hydrogen) atoms. The zero-order valence-corrected chi connectivity index (χ0v) is 18.4. The van der Waals surface area contributed by atoms with Crippen LogP contribution in [0.15, 0.2) is 60.9 Å². The number of nitrogens with two attached hydrogens (primary N) is 1. The lowest BCUT2D eigenvalue weighted by Crippen LogP contribution is -2.31. The molecule has 0 saturated heterocycles. The number of anilines is 1. The molecular weight excluding hydrogens is 467 g/mol. The average Bonchev–Trinajstić information content (AvgIpc) is 2.80. The fourth-order valence-electron chi connectivity index (χ4n) is 3.61. The monoisotopic (exact) mass is 486 g/mol. The van der Waals surface area contributed by atoms with Gasteiger partial charge in [-0.2, -0.15) is 13.2 Å². The van der Waals surface area contributed by atoms with Crippen LogP contribution in [0.1, 0.15) is 32.6 Å². The van der Waals surface area contributed by atoms with Crippen LogP contribution in [-0.4, -0.2) is 20.8 Å². The van der Waals surface area contributed by atoms with Gasteiger partial charge in [0.2, 0.25) is 0 Å². The molecule has 1 amide bonds. The first kappa shape index (κ1) is 24.1. The zero-order valence-electron chi connectivity index (χ0n) is 18.4. The van der Waals surface area contributed by atoms with E-state index >= 15 is 0 Å². The maximum atomic E-state index is 14.3. The lowest BCUT2D eigenvalue weighted by atomic mass is 10.1. The number of fused-ring (bicyclic) bond motifs is 1. The Kier molecular flexibility index (Phi) is 6.38. The Morgan fingerprint density at radius 3 is 2.26 bits per heavy atom. The van der Waals surface area contributed by atoms with Crippen molar-refractivity contribution in [2.75, 3.05) is 5.73 Å². The van der Waals surface area contributed by atoms with Crippen molar-refractivity contribution in [3.8, 4) is 0 Å². The Morgan fingerprint density at radius 2 is 1.63 bits per heavy atom. The molecular formula is C25H19F5N4O. The van der Waals surface area contributed by atoms with Crippen LogP contribution in [-0.2, 0) is 19.3 Å². The number of nitrogen functional groups attached to an aromatic ring is 1. The number of hydrogen-bond donors (Lipinski definition) is 1. The Morgan fingerprint density at radius 1 is 0.971 bits per heavy atom.